The van der Waals surface area contributed by atoms with Gasteiger partial charge in [-0.3, -0.25) is 4.90 Å². The quantitative estimate of drug-likeness (QED) is 0.791. The second kappa shape index (κ2) is 5.80. The van der Waals surface area contributed by atoms with Gasteiger partial charge in [0.2, 0.25) is 0 Å². The molecule has 1 fully saturated rings. The maximum atomic E-state index is 5.68. The number of alkyl halides is 1. The molecule has 1 heterocycles. The van der Waals surface area contributed by atoms with Crippen molar-refractivity contribution in [2.75, 3.05) is 18.5 Å². The lowest BCUT2D eigenvalue weighted by atomic mass is 10.1. The standard InChI is InChI=1S/C13H18BrNO/c1-11-13(9-14)15(7-8-16-11)10-12-5-3-2-4-6-12/h2-6,11,13H,7-10H2,1H3/t11-,13-/m1/s1. The Morgan fingerprint density at radius 2 is 2.12 bits per heavy atom. The van der Waals surface area contributed by atoms with E-state index in [0.717, 1.165) is 25.0 Å². The number of hydrogen-bond donors (Lipinski definition) is 0. The fourth-order valence-corrected chi connectivity index (χ4v) is 3.10. The van der Waals surface area contributed by atoms with Crippen molar-refractivity contribution in [1.82, 2.24) is 4.90 Å². The van der Waals surface area contributed by atoms with Crippen molar-refractivity contribution in [1.29, 1.82) is 0 Å². The number of morpholine rings is 1. The summed E-state index contributed by atoms with van der Waals surface area (Å²) in [6.45, 7) is 5.04. The Bertz CT molecular complexity index is 317. The SMILES string of the molecule is C[C@H]1OCCN(Cc2ccccc2)[C@@H]1CBr. The number of nitrogens with zero attached hydrogens (tertiary/aromatic N) is 1. The van der Waals surface area contributed by atoms with Crippen molar-refractivity contribution in [3.63, 3.8) is 0 Å². The first-order valence-electron chi connectivity index (χ1n) is 5.77. The lowest BCUT2D eigenvalue weighted by Crippen LogP contribution is -2.50. The van der Waals surface area contributed by atoms with E-state index >= 15 is 0 Å². The number of ether oxygens (including phenoxy) is 1. The van der Waals surface area contributed by atoms with Crippen LogP contribution in [0.1, 0.15) is 12.5 Å². The van der Waals surface area contributed by atoms with Gasteiger partial charge in [0.05, 0.1) is 12.7 Å². The predicted molar refractivity (Wildman–Crippen MR) is 69.8 cm³/mol. The molecule has 88 valence electrons. The van der Waals surface area contributed by atoms with Gasteiger partial charge >= 0.3 is 0 Å². The average Bonchev–Trinajstić information content (AvgIpc) is 2.31. The normalized spacial score (nSPS) is 26.9. The summed E-state index contributed by atoms with van der Waals surface area (Å²) in [6, 6.07) is 11.1. The first-order chi connectivity index (χ1) is 7.81. The Morgan fingerprint density at radius 1 is 1.38 bits per heavy atom. The molecule has 0 aliphatic carbocycles. The summed E-state index contributed by atoms with van der Waals surface area (Å²) in [4.78, 5) is 2.50. The molecule has 1 aromatic rings. The van der Waals surface area contributed by atoms with Crippen molar-refractivity contribution >= 4 is 15.9 Å². The van der Waals surface area contributed by atoms with Gasteiger partial charge in [0.25, 0.3) is 0 Å². The minimum atomic E-state index is 0.317. The van der Waals surface area contributed by atoms with Gasteiger partial charge in [-0.05, 0) is 12.5 Å². The zero-order valence-corrected chi connectivity index (χ0v) is 11.2. The molecule has 1 aliphatic rings. The van der Waals surface area contributed by atoms with Crippen molar-refractivity contribution in [2.45, 2.75) is 25.6 Å². The largest absolute Gasteiger partial charge is 0.376 e. The molecule has 2 rings (SSSR count). The minimum Gasteiger partial charge on any atom is -0.376 e. The Labute approximate surface area is 106 Å². The van der Waals surface area contributed by atoms with Crippen LogP contribution in [0.25, 0.3) is 0 Å². The molecule has 0 bridgehead atoms. The fraction of sp³-hybridized carbons (Fsp3) is 0.538. The van der Waals surface area contributed by atoms with Gasteiger partial charge in [-0.25, -0.2) is 0 Å². The highest BCUT2D eigenvalue weighted by Gasteiger charge is 2.28. The molecule has 0 spiro atoms. The van der Waals surface area contributed by atoms with Gasteiger partial charge in [-0.15, -0.1) is 0 Å². The molecule has 1 aromatic carbocycles. The summed E-state index contributed by atoms with van der Waals surface area (Å²) >= 11 is 3.58. The summed E-state index contributed by atoms with van der Waals surface area (Å²) in [6.07, 6.45) is 0.317. The van der Waals surface area contributed by atoms with Crippen LogP contribution in [-0.2, 0) is 11.3 Å². The molecule has 2 nitrogen and oxygen atoms in total. The van der Waals surface area contributed by atoms with Crippen molar-refractivity contribution in [3.05, 3.63) is 35.9 Å². The molecule has 16 heavy (non-hydrogen) atoms. The molecule has 0 N–H and O–H groups in total. The van der Waals surface area contributed by atoms with E-state index in [1.54, 1.807) is 0 Å². The topological polar surface area (TPSA) is 12.5 Å². The minimum absolute atomic E-state index is 0.317. The lowest BCUT2D eigenvalue weighted by molar-refractivity contribution is -0.0563. The van der Waals surface area contributed by atoms with Gasteiger partial charge in [0.1, 0.15) is 0 Å². The maximum absolute atomic E-state index is 5.68. The molecule has 1 aliphatic heterocycles. The van der Waals surface area contributed by atoms with E-state index in [4.69, 9.17) is 4.74 Å². The summed E-state index contributed by atoms with van der Waals surface area (Å²) in [5.41, 5.74) is 1.38. The highest BCUT2D eigenvalue weighted by molar-refractivity contribution is 9.09. The van der Waals surface area contributed by atoms with Crippen molar-refractivity contribution in [2.24, 2.45) is 0 Å². The summed E-state index contributed by atoms with van der Waals surface area (Å²) in [7, 11) is 0. The van der Waals surface area contributed by atoms with Crippen LogP contribution in [0.5, 0.6) is 0 Å². The van der Waals surface area contributed by atoms with Crippen LogP contribution < -0.4 is 0 Å². The monoisotopic (exact) mass is 283 g/mol. The summed E-state index contributed by atoms with van der Waals surface area (Å²) in [5, 5.41) is 0.973. The van der Waals surface area contributed by atoms with Crippen LogP contribution in [0, 0.1) is 0 Å². The smallest absolute Gasteiger partial charge is 0.0711 e. The molecule has 0 amide bonds. The van der Waals surface area contributed by atoms with Gasteiger partial charge in [-0.1, -0.05) is 46.3 Å². The van der Waals surface area contributed by atoms with Gasteiger partial charge in [0, 0.05) is 24.5 Å². The van der Waals surface area contributed by atoms with Crippen LogP contribution in [0.15, 0.2) is 30.3 Å². The Hall–Kier alpha value is -0.380. The molecule has 0 saturated carbocycles. The molecule has 0 unspecified atom stereocenters. The first-order valence-corrected chi connectivity index (χ1v) is 6.89. The van der Waals surface area contributed by atoms with E-state index in [0.29, 0.717) is 12.1 Å². The molecule has 0 aromatic heterocycles. The van der Waals surface area contributed by atoms with Gasteiger partial charge in [0.15, 0.2) is 0 Å². The number of halogens is 1. The highest BCUT2D eigenvalue weighted by Crippen LogP contribution is 2.18. The molecular formula is C13H18BrNO. The van der Waals surface area contributed by atoms with Gasteiger partial charge in [-0.2, -0.15) is 0 Å². The second-order valence-electron chi connectivity index (χ2n) is 4.25. The van der Waals surface area contributed by atoms with Crippen molar-refractivity contribution in [3.8, 4) is 0 Å². The van der Waals surface area contributed by atoms with E-state index in [2.05, 4.69) is 58.1 Å². The summed E-state index contributed by atoms with van der Waals surface area (Å²) in [5.74, 6) is 0. The van der Waals surface area contributed by atoms with E-state index in [1.165, 1.54) is 5.56 Å². The number of hydrogen-bond acceptors (Lipinski definition) is 2. The van der Waals surface area contributed by atoms with Crippen LogP contribution in [0.3, 0.4) is 0 Å². The highest BCUT2D eigenvalue weighted by atomic mass is 79.9. The molecule has 3 heteroatoms. The Morgan fingerprint density at radius 3 is 2.81 bits per heavy atom. The Balaban J connectivity index is 2.02. The van der Waals surface area contributed by atoms with E-state index in [9.17, 15) is 0 Å². The number of benzene rings is 1. The average molecular weight is 284 g/mol. The third kappa shape index (κ3) is 2.84. The zero-order chi connectivity index (χ0) is 11.4. The zero-order valence-electron chi connectivity index (χ0n) is 9.60. The Kier molecular flexibility index (Phi) is 4.38. The number of rotatable bonds is 3. The maximum Gasteiger partial charge on any atom is 0.0711 e. The molecule has 0 radical (unpaired) electrons. The van der Waals surface area contributed by atoms with Gasteiger partial charge < -0.3 is 4.74 Å². The van der Waals surface area contributed by atoms with Crippen LogP contribution in [0.2, 0.25) is 0 Å². The first kappa shape index (κ1) is 12.1. The van der Waals surface area contributed by atoms with E-state index in [-0.39, 0.29) is 0 Å². The van der Waals surface area contributed by atoms with Crippen molar-refractivity contribution < 1.29 is 4.74 Å². The van der Waals surface area contributed by atoms with Crippen LogP contribution >= 0.6 is 15.9 Å². The fourth-order valence-electron chi connectivity index (χ4n) is 2.17. The lowest BCUT2D eigenvalue weighted by Gasteiger charge is -2.39. The van der Waals surface area contributed by atoms with E-state index < -0.39 is 0 Å². The van der Waals surface area contributed by atoms with E-state index in [1.807, 2.05) is 0 Å². The van der Waals surface area contributed by atoms with Crippen LogP contribution in [0.4, 0.5) is 0 Å². The third-order valence-electron chi connectivity index (χ3n) is 3.16. The predicted octanol–water partition coefficient (Wildman–Crippen LogP) is 2.67. The summed E-state index contributed by atoms with van der Waals surface area (Å²) < 4.78 is 5.68. The second-order valence-corrected chi connectivity index (χ2v) is 4.90. The third-order valence-corrected chi connectivity index (χ3v) is 3.82. The molecular weight excluding hydrogens is 266 g/mol. The van der Waals surface area contributed by atoms with Crippen LogP contribution in [-0.4, -0.2) is 35.5 Å². The molecule has 1 saturated heterocycles. The molecule has 2 atom stereocenters.